The summed E-state index contributed by atoms with van der Waals surface area (Å²) < 4.78 is 11.7. The van der Waals surface area contributed by atoms with E-state index in [2.05, 4.69) is 15.5 Å². The molecule has 0 amide bonds. The van der Waals surface area contributed by atoms with E-state index in [1.165, 1.54) is 32.4 Å². The number of piperidine rings is 1. The molecule has 0 bridgehead atoms. The second kappa shape index (κ2) is 6.29. The molecule has 2 N–H and O–H groups in total. The topological polar surface area (TPSA) is 59.2 Å². The lowest BCUT2D eigenvalue weighted by Crippen LogP contribution is -2.41. The minimum absolute atomic E-state index is 0.283. The van der Waals surface area contributed by atoms with Gasteiger partial charge in [-0.1, -0.05) is 6.42 Å². The Morgan fingerprint density at radius 2 is 1.65 bits per heavy atom. The van der Waals surface area contributed by atoms with Gasteiger partial charge in [0.2, 0.25) is 0 Å². The summed E-state index contributed by atoms with van der Waals surface area (Å²) in [6.45, 7) is 10.6. The molecule has 2 aliphatic rings. The maximum Gasteiger partial charge on any atom is 0.498 e. The van der Waals surface area contributed by atoms with Gasteiger partial charge in [0.1, 0.15) is 0 Å². The molecule has 3 heterocycles. The third-order valence-electron chi connectivity index (χ3n) is 4.25. The highest BCUT2D eigenvalue weighted by molar-refractivity contribution is 6.61. The molecular formula is C14H26BN3O2. The Kier molecular flexibility index (Phi) is 4.88. The Balaban J connectivity index is 0.000000205. The van der Waals surface area contributed by atoms with E-state index in [4.69, 9.17) is 9.31 Å². The van der Waals surface area contributed by atoms with Crippen LogP contribution in [0.3, 0.4) is 0 Å². The van der Waals surface area contributed by atoms with Gasteiger partial charge in [-0.3, -0.25) is 5.10 Å². The highest BCUT2D eigenvalue weighted by Gasteiger charge is 2.51. The van der Waals surface area contributed by atoms with Gasteiger partial charge < -0.3 is 14.6 Å². The zero-order valence-corrected chi connectivity index (χ0v) is 13.0. The van der Waals surface area contributed by atoms with Gasteiger partial charge in [0.05, 0.1) is 11.2 Å². The Bertz CT molecular complexity index is 375. The fourth-order valence-electron chi connectivity index (χ4n) is 2.17. The molecule has 112 valence electrons. The van der Waals surface area contributed by atoms with Crippen LogP contribution in [0.2, 0.25) is 0 Å². The molecule has 0 aliphatic carbocycles. The van der Waals surface area contributed by atoms with E-state index in [-0.39, 0.29) is 18.3 Å². The largest absolute Gasteiger partial charge is 0.498 e. The quantitative estimate of drug-likeness (QED) is 0.764. The predicted octanol–water partition coefficient (Wildman–Crippen LogP) is 1.47. The van der Waals surface area contributed by atoms with Crippen molar-refractivity contribution in [3.63, 3.8) is 0 Å². The number of hydrogen-bond donors (Lipinski definition) is 2. The van der Waals surface area contributed by atoms with E-state index in [1.807, 2.05) is 27.7 Å². The van der Waals surface area contributed by atoms with Crippen LogP contribution in [0.5, 0.6) is 0 Å². The lowest BCUT2D eigenvalue weighted by molar-refractivity contribution is 0.00578. The standard InChI is InChI=1S/C9H15BN2O2.C5H11N/c1-8(2)9(3,4)14-10(13-8)7-5-11-12-6-7;1-2-4-6-5-3-1/h5-6H,1-4H3,(H,11,12);6H,1-5H2. The highest BCUT2D eigenvalue weighted by Crippen LogP contribution is 2.36. The molecule has 0 spiro atoms. The van der Waals surface area contributed by atoms with Crippen molar-refractivity contribution in [1.29, 1.82) is 0 Å². The molecule has 2 saturated heterocycles. The fraction of sp³-hybridized carbons (Fsp3) is 0.786. The number of nitrogens with one attached hydrogen (secondary N) is 2. The molecule has 0 aromatic carbocycles. The highest BCUT2D eigenvalue weighted by atomic mass is 16.7. The van der Waals surface area contributed by atoms with Gasteiger partial charge in [-0.25, -0.2) is 0 Å². The Morgan fingerprint density at radius 3 is 2.00 bits per heavy atom. The third-order valence-corrected chi connectivity index (χ3v) is 4.25. The first-order chi connectivity index (χ1) is 9.42. The minimum Gasteiger partial charge on any atom is -0.399 e. The van der Waals surface area contributed by atoms with Crippen LogP contribution >= 0.6 is 0 Å². The normalized spacial score (nSPS) is 24.1. The second-order valence-corrected chi connectivity index (χ2v) is 6.43. The molecule has 0 radical (unpaired) electrons. The molecule has 0 saturated carbocycles. The van der Waals surface area contributed by atoms with Crippen LogP contribution in [-0.2, 0) is 9.31 Å². The van der Waals surface area contributed by atoms with E-state index in [0.717, 1.165) is 5.46 Å². The number of aromatic amines is 1. The van der Waals surface area contributed by atoms with Crippen molar-refractivity contribution in [3.8, 4) is 0 Å². The van der Waals surface area contributed by atoms with Crippen molar-refractivity contribution in [2.24, 2.45) is 0 Å². The SMILES string of the molecule is C1CCNCC1.CC1(C)OB(c2cn[nH]c2)OC1(C)C. The molecule has 2 aliphatic heterocycles. The van der Waals surface area contributed by atoms with Crippen molar-refractivity contribution >= 4 is 12.6 Å². The van der Waals surface area contributed by atoms with Crippen LogP contribution in [0, 0.1) is 0 Å². The van der Waals surface area contributed by atoms with Gasteiger partial charge in [-0.15, -0.1) is 0 Å². The summed E-state index contributed by atoms with van der Waals surface area (Å²) in [7, 11) is -0.307. The molecule has 5 nitrogen and oxygen atoms in total. The maximum absolute atomic E-state index is 5.83. The van der Waals surface area contributed by atoms with Gasteiger partial charge in [0.25, 0.3) is 0 Å². The molecule has 2 fully saturated rings. The van der Waals surface area contributed by atoms with E-state index in [9.17, 15) is 0 Å². The number of nitrogens with zero attached hydrogens (tertiary/aromatic N) is 1. The van der Waals surface area contributed by atoms with E-state index in [1.54, 1.807) is 12.4 Å². The summed E-state index contributed by atoms with van der Waals surface area (Å²) in [6.07, 6.45) is 7.73. The average molecular weight is 279 g/mol. The van der Waals surface area contributed by atoms with Gasteiger partial charge in [-0.05, 0) is 53.6 Å². The zero-order chi connectivity index (χ0) is 14.6. The number of H-pyrrole nitrogens is 1. The van der Waals surface area contributed by atoms with Crippen LogP contribution in [0.4, 0.5) is 0 Å². The Labute approximate surface area is 122 Å². The molecule has 0 unspecified atom stereocenters. The molecule has 20 heavy (non-hydrogen) atoms. The molecule has 1 aromatic heterocycles. The smallest absolute Gasteiger partial charge is 0.399 e. The first kappa shape index (κ1) is 15.5. The van der Waals surface area contributed by atoms with E-state index >= 15 is 0 Å². The number of aromatic nitrogens is 2. The van der Waals surface area contributed by atoms with Crippen molar-refractivity contribution in [2.75, 3.05) is 13.1 Å². The maximum atomic E-state index is 5.83. The summed E-state index contributed by atoms with van der Waals surface area (Å²) >= 11 is 0. The van der Waals surface area contributed by atoms with E-state index in [0.29, 0.717) is 0 Å². The lowest BCUT2D eigenvalue weighted by atomic mass is 9.82. The second-order valence-electron chi connectivity index (χ2n) is 6.43. The minimum atomic E-state index is -0.307. The van der Waals surface area contributed by atoms with Crippen LogP contribution in [0.25, 0.3) is 0 Å². The summed E-state index contributed by atoms with van der Waals surface area (Å²) in [5.74, 6) is 0. The van der Waals surface area contributed by atoms with Crippen molar-refractivity contribution in [2.45, 2.75) is 58.2 Å². The van der Waals surface area contributed by atoms with Crippen molar-refractivity contribution < 1.29 is 9.31 Å². The Morgan fingerprint density at radius 1 is 1.05 bits per heavy atom. The first-order valence-corrected chi connectivity index (χ1v) is 7.47. The van der Waals surface area contributed by atoms with Gasteiger partial charge in [0, 0.05) is 17.9 Å². The molecule has 1 aromatic rings. The summed E-state index contributed by atoms with van der Waals surface area (Å²) in [5, 5.41) is 9.91. The van der Waals surface area contributed by atoms with Crippen LogP contribution < -0.4 is 10.8 Å². The lowest BCUT2D eigenvalue weighted by Gasteiger charge is -2.32. The summed E-state index contributed by atoms with van der Waals surface area (Å²) in [4.78, 5) is 0. The molecule has 3 rings (SSSR count). The number of rotatable bonds is 1. The average Bonchev–Trinajstić information content (AvgIpc) is 3.00. The Hall–Kier alpha value is -0.845. The fourth-order valence-corrected chi connectivity index (χ4v) is 2.17. The predicted molar refractivity (Wildman–Crippen MR) is 81.0 cm³/mol. The van der Waals surface area contributed by atoms with Crippen LogP contribution in [0.15, 0.2) is 12.4 Å². The van der Waals surface area contributed by atoms with Gasteiger partial charge in [0.15, 0.2) is 0 Å². The van der Waals surface area contributed by atoms with E-state index < -0.39 is 0 Å². The zero-order valence-electron chi connectivity index (χ0n) is 13.0. The number of hydrogen-bond acceptors (Lipinski definition) is 4. The van der Waals surface area contributed by atoms with Gasteiger partial charge in [-0.2, -0.15) is 5.10 Å². The van der Waals surface area contributed by atoms with Crippen molar-refractivity contribution in [3.05, 3.63) is 12.4 Å². The summed E-state index contributed by atoms with van der Waals surface area (Å²) in [6, 6.07) is 0. The monoisotopic (exact) mass is 279 g/mol. The molecular weight excluding hydrogens is 253 g/mol. The molecule has 6 heteroatoms. The van der Waals surface area contributed by atoms with Gasteiger partial charge >= 0.3 is 7.12 Å². The van der Waals surface area contributed by atoms with Crippen LogP contribution in [0.1, 0.15) is 47.0 Å². The summed E-state index contributed by atoms with van der Waals surface area (Å²) in [5.41, 5.74) is 0.368. The molecule has 0 atom stereocenters. The first-order valence-electron chi connectivity index (χ1n) is 7.47. The van der Waals surface area contributed by atoms with Crippen molar-refractivity contribution in [1.82, 2.24) is 15.5 Å². The third kappa shape index (κ3) is 3.62. The van der Waals surface area contributed by atoms with Crippen LogP contribution in [-0.4, -0.2) is 41.6 Å².